The monoisotopic (exact) mass is 409 g/mol. The molecule has 2 aromatic rings. The molecular weight excluding hydrogens is 378 g/mol. The van der Waals surface area contributed by atoms with Gasteiger partial charge in [0.1, 0.15) is 0 Å². The quantitative estimate of drug-likeness (QED) is 0.706. The normalized spacial score (nSPS) is 21.5. The standard InChI is InChI=1S/C23H31N5O2/c1-24-22(29)27-10-2-3-20(14-27)28(19-7-8-19)23(30)25-13-18-12-17-11-16(15-4-5-15)6-9-21(17)26-18/h6,9,11-12,15,19-20,26H,2-5,7-8,10,13-14H2,1H3,(H,24,29)(H,25,30). The molecule has 4 amide bonds. The number of urea groups is 2. The van der Waals surface area contributed by atoms with Gasteiger partial charge < -0.3 is 25.4 Å². The van der Waals surface area contributed by atoms with E-state index in [9.17, 15) is 9.59 Å². The van der Waals surface area contributed by atoms with Crippen molar-refractivity contribution in [3.05, 3.63) is 35.5 Å². The van der Waals surface area contributed by atoms with Gasteiger partial charge in [-0.15, -0.1) is 0 Å². The van der Waals surface area contributed by atoms with Gasteiger partial charge in [0, 0.05) is 37.4 Å². The number of hydrogen-bond donors (Lipinski definition) is 3. The molecule has 5 rings (SSSR count). The summed E-state index contributed by atoms with van der Waals surface area (Å²) in [5, 5.41) is 7.05. The molecule has 0 bridgehead atoms. The number of rotatable bonds is 5. The molecule has 1 aliphatic heterocycles. The molecule has 3 N–H and O–H groups in total. The van der Waals surface area contributed by atoms with Gasteiger partial charge in [-0.05, 0) is 73.6 Å². The van der Waals surface area contributed by atoms with Crippen molar-refractivity contribution in [3.8, 4) is 0 Å². The Morgan fingerprint density at radius 3 is 2.70 bits per heavy atom. The van der Waals surface area contributed by atoms with Gasteiger partial charge in [0.25, 0.3) is 0 Å². The van der Waals surface area contributed by atoms with Crippen LogP contribution in [0.25, 0.3) is 10.9 Å². The van der Waals surface area contributed by atoms with Crippen LogP contribution in [0.1, 0.15) is 55.7 Å². The van der Waals surface area contributed by atoms with E-state index in [0.717, 1.165) is 49.4 Å². The molecule has 2 heterocycles. The second-order valence-electron chi connectivity index (χ2n) is 9.01. The summed E-state index contributed by atoms with van der Waals surface area (Å²) in [5.74, 6) is 0.740. The first-order valence-electron chi connectivity index (χ1n) is 11.3. The maximum Gasteiger partial charge on any atom is 0.318 e. The van der Waals surface area contributed by atoms with Crippen LogP contribution in [0, 0.1) is 0 Å². The summed E-state index contributed by atoms with van der Waals surface area (Å²) in [6.07, 6.45) is 6.59. The van der Waals surface area contributed by atoms with Gasteiger partial charge >= 0.3 is 12.1 Å². The van der Waals surface area contributed by atoms with Gasteiger partial charge in [-0.3, -0.25) is 0 Å². The van der Waals surface area contributed by atoms with Crippen molar-refractivity contribution < 1.29 is 9.59 Å². The second kappa shape index (κ2) is 7.85. The van der Waals surface area contributed by atoms with E-state index < -0.39 is 0 Å². The minimum Gasteiger partial charge on any atom is -0.357 e. The highest BCUT2D eigenvalue weighted by Crippen LogP contribution is 2.41. The lowest BCUT2D eigenvalue weighted by Gasteiger charge is -2.39. The zero-order valence-electron chi connectivity index (χ0n) is 17.6. The average molecular weight is 410 g/mol. The number of aromatic nitrogens is 1. The first-order chi connectivity index (χ1) is 14.6. The summed E-state index contributed by atoms with van der Waals surface area (Å²) in [6.45, 7) is 1.86. The summed E-state index contributed by atoms with van der Waals surface area (Å²) in [7, 11) is 1.66. The molecular formula is C23H31N5O2. The predicted octanol–water partition coefficient (Wildman–Crippen LogP) is 3.52. The van der Waals surface area contributed by atoms with E-state index in [4.69, 9.17) is 0 Å². The first-order valence-corrected chi connectivity index (χ1v) is 11.3. The maximum absolute atomic E-state index is 13.1. The van der Waals surface area contributed by atoms with E-state index in [1.165, 1.54) is 23.8 Å². The molecule has 1 unspecified atom stereocenters. The number of aromatic amines is 1. The van der Waals surface area contributed by atoms with E-state index in [2.05, 4.69) is 39.9 Å². The van der Waals surface area contributed by atoms with Gasteiger partial charge in [0.2, 0.25) is 0 Å². The van der Waals surface area contributed by atoms with Gasteiger partial charge in [-0.25, -0.2) is 9.59 Å². The van der Waals surface area contributed by atoms with Gasteiger partial charge in [-0.2, -0.15) is 0 Å². The summed E-state index contributed by atoms with van der Waals surface area (Å²) < 4.78 is 0. The lowest BCUT2D eigenvalue weighted by Crippen LogP contribution is -2.56. The molecule has 1 aromatic carbocycles. The number of carbonyl (C=O) groups excluding carboxylic acids is 2. The Bertz CT molecular complexity index is 946. The molecule has 7 nitrogen and oxygen atoms in total. The summed E-state index contributed by atoms with van der Waals surface area (Å²) >= 11 is 0. The number of likely N-dealkylation sites (tertiary alicyclic amines) is 1. The van der Waals surface area contributed by atoms with E-state index in [1.54, 1.807) is 7.05 Å². The molecule has 2 saturated carbocycles. The van der Waals surface area contributed by atoms with Gasteiger partial charge in [0.05, 0.1) is 12.6 Å². The topological polar surface area (TPSA) is 80.5 Å². The van der Waals surface area contributed by atoms with Crippen molar-refractivity contribution >= 4 is 23.0 Å². The third kappa shape index (κ3) is 3.98. The second-order valence-corrected chi connectivity index (χ2v) is 9.01. The van der Waals surface area contributed by atoms with Gasteiger partial charge in [0.15, 0.2) is 0 Å². The maximum atomic E-state index is 13.1. The predicted molar refractivity (Wildman–Crippen MR) is 116 cm³/mol. The Balaban J connectivity index is 1.24. The Morgan fingerprint density at radius 2 is 1.97 bits per heavy atom. The SMILES string of the molecule is CNC(=O)N1CCCC(N(C(=O)NCc2cc3cc(C4CC4)ccc3[nH]2)C2CC2)C1. The van der Waals surface area contributed by atoms with E-state index in [-0.39, 0.29) is 18.1 Å². The minimum atomic E-state index is -0.0560. The number of nitrogens with one attached hydrogen (secondary N) is 3. The summed E-state index contributed by atoms with van der Waals surface area (Å²) in [6, 6.07) is 9.13. The van der Waals surface area contributed by atoms with Gasteiger partial charge in [-0.1, -0.05) is 6.07 Å². The fourth-order valence-corrected chi connectivity index (χ4v) is 4.75. The number of nitrogens with zero attached hydrogens (tertiary/aromatic N) is 2. The fraction of sp³-hybridized carbons (Fsp3) is 0.565. The highest BCUT2D eigenvalue weighted by Gasteiger charge is 2.39. The average Bonchev–Trinajstić information content (AvgIpc) is 3.69. The van der Waals surface area contributed by atoms with E-state index in [0.29, 0.717) is 19.1 Å². The zero-order chi connectivity index (χ0) is 20.7. The third-order valence-electron chi connectivity index (χ3n) is 6.65. The van der Waals surface area contributed by atoms with Crippen LogP contribution in [0.5, 0.6) is 0 Å². The molecule has 2 aliphatic carbocycles. The van der Waals surface area contributed by atoms with Crippen LogP contribution < -0.4 is 10.6 Å². The molecule has 3 aliphatic rings. The number of carbonyl (C=O) groups is 2. The summed E-state index contributed by atoms with van der Waals surface area (Å²) in [5.41, 5.74) is 3.57. The lowest BCUT2D eigenvalue weighted by atomic mass is 10.0. The number of H-pyrrole nitrogens is 1. The number of piperidine rings is 1. The van der Waals surface area contributed by atoms with Crippen LogP contribution in [-0.2, 0) is 6.54 Å². The molecule has 30 heavy (non-hydrogen) atoms. The van der Waals surface area contributed by atoms with Crippen LogP contribution in [0.4, 0.5) is 9.59 Å². The minimum absolute atomic E-state index is 0.0152. The Labute approximate surface area is 177 Å². The first kappa shape index (κ1) is 19.3. The molecule has 7 heteroatoms. The molecule has 0 spiro atoms. The van der Waals surface area contributed by atoms with Crippen LogP contribution >= 0.6 is 0 Å². The van der Waals surface area contributed by atoms with Crippen molar-refractivity contribution in [3.63, 3.8) is 0 Å². The molecule has 1 atom stereocenters. The number of fused-ring (bicyclic) bond motifs is 1. The highest BCUT2D eigenvalue weighted by atomic mass is 16.2. The van der Waals surface area contributed by atoms with Crippen LogP contribution in [0.3, 0.4) is 0 Å². The third-order valence-corrected chi connectivity index (χ3v) is 6.65. The Kier molecular flexibility index (Phi) is 5.05. The van der Waals surface area contributed by atoms with E-state index in [1.807, 2.05) is 9.80 Å². The summed E-state index contributed by atoms with van der Waals surface area (Å²) in [4.78, 5) is 32.4. The Hall–Kier alpha value is -2.70. The molecule has 0 radical (unpaired) electrons. The van der Waals surface area contributed by atoms with Crippen LogP contribution in [0.15, 0.2) is 24.3 Å². The van der Waals surface area contributed by atoms with Crippen molar-refractivity contribution in [1.82, 2.24) is 25.4 Å². The fourth-order valence-electron chi connectivity index (χ4n) is 4.75. The zero-order valence-corrected chi connectivity index (χ0v) is 17.6. The number of benzene rings is 1. The lowest BCUT2D eigenvalue weighted by molar-refractivity contribution is 0.116. The molecule has 160 valence electrons. The van der Waals surface area contributed by atoms with Crippen molar-refractivity contribution in [2.45, 2.75) is 63.1 Å². The number of amides is 4. The van der Waals surface area contributed by atoms with Crippen LogP contribution in [0.2, 0.25) is 0 Å². The molecule has 1 aromatic heterocycles. The van der Waals surface area contributed by atoms with Crippen molar-refractivity contribution in [1.29, 1.82) is 0 Å². The highest BCUT2D eigenvalue weighted by molar-refractivity contribution is 5.82. The van der Waals surface area contributed by atoms with E-state index >= 15 is 0 Å². The smallest absolute Gasteiger partial charge is 0.318 e. The van der Waals surface area contributed by atoms with Crippen molar-refractivity contribution in [2.24, 2.45) is 0 Å². The van der Waals surface area contributed by atoms with Crippen molar-refractivity contribution in [2.75, 3.05) is 20.1 Å². The molecule has 1 saturated heterocycles. The largest absolute Gasteiger partial charge is 0.357 e. The number of hydrogen-bond acceptors (Lipinski definition) is 2. The molecule has 3 fully saturated rings. The Morgan fingerprint density at radius 1 is 1.13 bits per heavy atom. The van der Waals surface area contributed by atoms with Crippen LogP contribution in [-0.4, -0.2) is 59.1 Å².